The fourth-order valence-electron chi connectivity index (χ4n) is 2.40. The van der Waals surface area contributed by atoms with Crippen LogP contribution in [0, 0.1) is 12.3 Å². The Kier molecular flexibility index (Phi) is 3.59. The molecule has 1 aromatic heterocycles. The van der Waals surface area contributed by atoms with Crippen LogP contribution in [0.2, 0.25) is 0 Å². The van der Waals surface area contributed by atoms with Crippen LogP contribution in [0.15, 0.2) is 10.5 Å². The lowest BCUT2D eigenvalue weighted by Crippen LogP contribution is -2.36. The summed E-state index contributed by atoms with van der Waals surface area (Å²) in [6.07, 6.45) is 2.57. The van der Waals surface area contributed by atoms with Gasteiger partial charge in [-0.2, -0.15) is 0 Å². The van der Waals surface area contributed by atoms with Crippen molar-refractivity contribution in [3.8, 4) is 0 Å². The third-order valence-electron chi connectivity index (χ3n) is 3.88. The van der Waals surface area contributed by atoms with Gasteiger partial charge in [0, 0.05) is 12.1 Å². The van der Waals surface area contributed by atoms with Crippen LogP contribution in [0.4, 0.5) is 0 Å². The fraction of sp³-hybridized carbons (Fsp3) is 0.714. The Bertz CT molecular complexity index is 372. The summed E-state index contributed by atoms with van der Waals surface area (Å²) in [7, 11) is 0. The summed E-state index contributed by atoms with van der Waals surface area (Å²) in [6, 6.07) is 2.11. The second-order valence-electron chi connectivity index (χ2n) is 5.94. The number of hydrogen-bond donors (Lipinski definition) is 1. The highest BCUT2D eigenvalue weighted by molar-refractivity contribution is 5.20. The summed E-state index contributed by atoms with van der Waals surface area (Å²) < 4.78 is 5.59. The Morgan fingerprint density at radius 2 is 2.00 bits per heavy atom. The monoisotopic (exact) mass is 236 g/mol. The van der Waals surface area contributed by atoms with E-state index in [0.717, 1.165) is 18.1 Å². The van der Waals surface area contributed by atoms with E-state index in [1.165, 1.54) is 31.5 Å². The predicted octanol–water partition coefficient (Wildman–Crippen LogP) is 2.67. The first-order chi connectivity index (χ1) is 8.00. The Balaban J connectivity index is 1.95. The Labute approximate surface area is 104 Å². The molecule has 0 radical (unpaired) electrons. The number of likely N-dealkylation sites (tertiary alicyclic amines) is 1. The summed E-state index contributed by atoms with van der Waals surface area (Å²) in [5.41, 5.74) is 7.41. The molecule has 0 spiro atoms. The molecule has 0 saturated carbocycles. The standard InChI is InChI=1S/C14H24N2O/c1-11-12(8-13(9-15)17-11)10-16-6-4-14(2,3)5-7-16/h8H,4-7,9-10,15H2,1-3H3. The van der Waals surface area contributed by atoms with Crippen LogP contribution < -0.4 is 5.73 Å². The second kappa shape index (κ2) is 4.83. The molecule has 1 aromatic rings. The van der Waals surface area contributed by atoms with Gasteiger partial charge in [0.05, 0.1) is 6.54 Å². The first-order valence-corrected chi connectivity index (χ1v) is 6.51. The Morgan fingerprint density at radius 3 is 2.53 bits per heavy atom. The molecule has 0 aromatic carbocycles. The van der Waals surface area contributed by atoms with Crippen molar-refractivity contribution in [1.29, 1.82) is 0 Å². The lowest BCUT2D eigenvalue weighted by molar-refractivity contribution is 0.126. The smallest absolute Gasteiger partial charge is 0.118 e. The van der Waals surface area contributed by atoms with Crippen LogP contribution >= 0.6 is 0 Å². The van der Waals surface area contributed by atoms with Crippen molar-refractivity contribution in [2.24, 2.45) is 11.1 Å². The molecule has 0 amide bonds. The average molecular weight is 236 g/mol. The molecule has 1 fully saturated rings. The molecule has 0 bridgehead atoms. The minimum atomic E-state index is 0.494. The van der Waals surface area contributed by atoms with E-state index in [2.05, 4.69) is 24.8 Å². The lowest BCUT2D eigenvalue weighted by atomic mass is 9.82. The van der Waals surface area contributed by atoms with Crippen molar-refractivity contribution < 1.29 is 4.42 Å². The van der Waals surface area contributed by atoms with Crippen LogP contribution in [0.1, 0.15) is 43.8 Å². The van der Waals surface area contributed by atoms with Gasteiger partial charge in [0.25, 0.3) is 0 Å². The van der Waals surface area contributed by atoms with Crippen molar-refractivity contribution in [3.05, 3.63) is 23.2 Å². The van der Waals surface area contributed by atoms with Gasteiger partial charge in [-0.3, -0.25) is 4.90 Å². The third-order valence-corrected chi connectivity index (χ3v) is 3.88. The number of hydrogen-bond acceptors (Lipinski definition) is 3. The van der Waals surface area contributed by atoms with Gasteiger partial charge in [-0.25, -0.2) is 0 Å². The number of nitrogens with two attached hydrogens (primary N) is 1. The molecular weight excluding hydrogens is 212 g/mol. The van der Waals surface area contributed by atoms with Crippen molar-refractivity contribution in [2.45, 2.75) is 46.7 Å². The van der Waals surface area contributed by atoms with Crippen molar-refractivity contribution in [2.75, 3.05) is 13.1 Å². The largest absolute Gasteiger partial charge is 0.465 e. The van der Waals surface area contributed by atoms with E-state index in [-0.39, 0.29) is 0 Å². The van der Waals surface area contributed by atoms with E-state index >= 15 is 0 Å². The van der Waals surface area contributed by atoms with Crippen LogP contribution in [-0.4, -0.2) is 18.0 Å². The van der Waals surface area contributed by atoms with E-state index in [0.29, 0.717) is 12.0 Å². The molecule has 2 N–H and O–H groups in total. The molecule has 0 unspecified atom stereocenters. The van der Waals surface area contributed by atoms with Gasteiger partial charge in [0.2, 0.25) is 0 Å². The number of aryl methyl sites for hydroxylation is 1. The number of rotatable bonds is 3. The molecule has 1 saturated heterocycles. The Morgan fingerprint density at radius 1 is 1.35 bits per heavy atom. The highest BCUT2D eigenvalue weighted by atomic mass is 16.3. The summed E-state index contributed by atoms with van der Waals surface area (Å²) in [6.45, 7) is 10.6. The normalized spacial score (nSPS) is 20.7. The van der Waals surface area contributed by atoms with Gasteiger partial charge < -0.3 is 10.2 Å². The SMILES string of the molecule is Cc1oc(CN)cc1CN1CCC(C)(C)CC1. The first kappa shape index (κ1) is 12.7. The van der Waals surface area contributed by atoms with Crippen LogP contribution in [-0.2, 0) is 13.1 Å². The van der Waals surface area contributed by atoms with E-state index in [1.807, 2.05) is 6.92 Å². The van der Waals surface area contributed by atoms with Gasteiger partial charge in [-0.15, -0.1) is 0 Å². The minimum absolute atomic E-state index is 0.494. The molecule has 0 atom stereocenters. The topological polar surface area (TPSA) is 42.4 Å². The van der Waals surface area contributed by atoms with Gasteiger partial charge >= 0.3 is 0 Å². The molecule has 96 valence electrons. The summed E-state index contributed by atoms with van der Waals surface area (Å²) in [4.78, 5) is 2.52. The molecule has 3 heteroatoms. The molecule has 0 aliphatic carbocycles. The quantitative estimate of drug-likeness (QED) is 0.877. The maximum Gasteiger partial charge on any atom is 0.118 e. The maximum atomic E-state index is 5.59. The highest BCUT2D eigenvalue weighted by Gasteiger charge is 2.25. The number of piperidine rings is 1. The number of nitrogens with zero attached hydrogens (tertiary/aromatic N) is 1. The van der Waals surface area contributed by atoms with Crippen molar-refractivity contribution in [1.82, 2.24) is 4.90 Å². The third kappa shape index (κ3) is 3.11. The molecule has 1 aliphatic heterocycles. The Hall–Kier alpha value is -0.800. The molecule has 2 heterocycles. The molecule has 2 rings (SSSR count). The van der Waals surface area contributed by atoms with E-state index in [4.69, 9.17) is 10.2 Å². The van der Waals surface area contributed by atoms with Crippen LogP contribution in [0.25, 0.3) is 0 Å². The van der Waals surface area contributed by atoms with Crippen LogP contribution in [0.5, 0.6) is 0 Å². The maximum absolute atomic E-state index is 5.59. The summed E-state index contributed by atoms with van der Waals surface area (Å²) in [5, 5.41) is 0. The first-order valence-electron chi connectivity index (χ1n) is 6.51. The van der Waals surface area contributed by atoms with Gasteiger partial charge in [0.1, 0.15) is 11.5 Å². The van der Waals surface area contributed by atoms with Gasteiger partial charge in [-0.05, 0) is 44.3 Å². The van der Waals surface area contributed by atoms with E-state index in [9.17, 15) is 0 Å². The summed E-state index contributed by atoms with van der Waals surface area (Å²) in [5.74, 6) is 1.92. The lowest BCUT2D eigenvalue weighted by Gasteiger charge is -2.36. The van der Waals surface area contributed by atoms with E-state index in [1.54, 1.807) is 0 Å². The number of furan rings is 1. The molecule has 3 nitrogen and oxygen atoms in total. The average Bonchev–Trinajstić information content (AvgIpc) is 2.63. The zero-order valence-corrected chi connectivity index (χ0v) is 11.3. The molecule has 17 heavy (non-hydrogen) atoms. The van der Waals surface area contributed by atoms with Gasteiger partial charge in [-0.1, -0.05) is 13.8 Å². The highest BCUT2D eigenvalue weighted by Crippen LogP contribution is 2.30. The van der Waals surface area contributed by atoms with Crippen LogP contribution in [0.3, 0.4) is 0 Å². The summed E-state index contributed by atoms with van der Waals surface area (Å²) >= 11 is 0. The zero-order valence-electron chi connectivity index (χ0n) is 11.3. The van der Waals surface area contributed by atoms with E-state index < -0.39 is 0 Å². The zero-order chi connectivity index (χ0) is 12.5. The molecular formula is C14H24N2O. The van der Waals surface area contributed by atoms with Crippen molar-refractivity contribution >= 4 is 0 Å². The molecule has 1 aliphatic rings. The fourth-order valence-corrected chi connectivity index (χ4v) is 2.40. The minimum Gasteiger partial charge on any atom is -0.465 e. The van der Waals surface area contributed by atoms with Gasteiger partial charge in [0.15, 0.2) is 0 Å². The van der Waals surface area contributed by atoms with Crippen molar-refractivity contribution in [3.63, 3.8) is 0 Å². The predicted molar refractivity (Wildman–Crippen MR) is 69.6 cm³/mol. The second-order valence-corrected chi connectivity index (χ2v) is 5.94.